The van der Waals surface area contributed by atoms with E-state index in [1.807, 2.05) is 0 Å². The molecule has 0 bridgehead atoms. The summed E-state index contributed by atoms with van der Waals surface area (Å²) in [4.78, 5) is 19.6. The molecule has 122 valence electrons. The van der Waals surface area contributed by atoms with Gasteiger partial charge >= 0.3 is 0 Å². The smallest absolute Gasteiger partial charge is 0.274 e. The standard InChI is InChI=1S/C16H17ClFN3OS/c17-16-20-13(14(23-16)10-4-6-11(18)7-5-10)15(22)21-8-2-1-3-12(21)9-19/h4-7,12H,1-3,8-9,19H2. The second-order valence-corrected chi connectivity index (χ2v) is 7.12. The highest BCUT2D eigenvalue weighted by Crippen LogP contribution is 2.34. The number of nitrogens with two attached hydrogens (primary N) is 1. The first-order valence-corrected chi connectivity index (χ1v) is 8.73. The van der Waals surface area contributed by atoms with E-state index in [0.29, 0.717) is 28.1 Å². The van der Waals surface area contributed by atoms with Crippen LogP contribution in [-0.2, 0) is 0 Å². The van der Waals surface area contributed by atoms with Crippen LogP contribution in [0, 0.1) is 5.82 Å². The number of aromatic nitrogens is 1. The van der Waals surface area contributed by atoms with Gasteiger partial charge in [-0.25, -0.2) is 9.37 Å². The number of piperidine rings is 1. The summed E-state index contributed by atoms with van der Waals surface area (Å²) in [7, 11) is 0. The van der Waals surface area contributed by atoms with E-state index in [1.54, 1.807) is 17.0 Å². The first-order chi connectivity index (χ1) is 11.1. The van der Waals surface area contributed by atoms with Gasteiger partial charge in [-0.15, -0.1) is 11.3 Å². The van der Waals surface area contributed by atoms with Crippen molar-refractivity contribution in [2.24, 2.45) is 5.73 Å². The molecule has 0 aliphatic carbocycles. The average molecular weight is 354 g/mol. The van der Waals surface area contributed by atoms with E-state index < -0.39 is 0 Å². The normalized spacial score (nSPS) is 18.2. The Labute approximate surface area is 143 Å². The highest BCUT2D eigenvalue weighted by atomic mass is 35.5. The van der Waals surface area contributed by atoms with Gasteiger partial charge in [0.25, 0.3) is 5.91 Å². The highest BCUT2D eigenvalue weighted by molar-refractivity contribution is 7.19. The number of halogens is 2. The number of carbonyl (C=O) groups is 1. The molecule has 1 aliphatic rings. The molecule has 4 nitrogen and oxygen atoms in total. The van der Waals surface area contributed by atoms with Crippen LogP contribution in [0.1, 0.15) is 29.8 Å². The van der Waals surface area contributed by atoms with Gasteiger partial charge in [0.2, 0.25) is 0 Å². The lowest BCUT2D eigenvalue weighted by molar-refractivity contribution is 0.0619. The minimum Gasteiger partial charge on any atom is -0.333 e. The maximum absolute atomic E-state index is 13.1. The zero-order valence-corrected chi connectivity index (χ0v) is 14.0. The number of carbonyl (C=O) groups excluding carboxylic acids is 1. The first kappa shape index (κ1) is 16.4. The topological polar surface area (TPSA) is 59.2 Å². The van der Waals surface area contributed by atoms with Crippen LogP contribution in [0.5, 0.6) is 0 Å². The monoisotopic (exact) mass is 353 g/mol. The Morgan fingerprint density at radius 2 is 2.13 bits per heavy atom. The van der Waals surface area contributed by atoms with Gasteiger partial charge in [-0.05, 0) is 37.0 Å². The summed E-state index contributed by atoms with van der Waals surface area (Å²) in [5.74, 6) is -0.473. The van der Waals surface area contributed by atoms with Crippen LogP contribution in [0.2, 0.25) is 4.47 Å². The molecule has 1 aromatic carbocycles. The SMILES string of the molecule is NCC1CCCCN1C(=O)c1nc(Cl)sc1-c1ccc(F)cc1. The Hall–Kier alpha value is -1.50. The summed E-state index contributed by atoms with van der Waals surface area (Å²) in [6.07, 6.45) is 2.95. The van der Waals surface area contributed by atoms with Gasteiger partial charge in [0.15, 0.2) is 4.47 Å². The van der Waals surface area contributed by atoms with Crippen molar-refractivity contribution >= 4 is 28.8 Å². The third kappa shape index (κ3) is 3.39. The Kier molecular flexibility index (Phi) is 4.94. The molecule has 1 atom stereocenters. The van der Waals surface area contributed by atoms with Crippen LogP contribution >= 0.6 is 22.9 Å². The van der Waals surface area contributed by atoms with Gasteiger partial charge < -0.3 is 10.6 Å². The molecule has 1 amide bonds. The van der Waals surface area contributed by atoms with Crippen molar-refractivity contribution in [3.63, 3.8) is 0 Å². The summed E-state index contributed by atoms with van der Waals surface area (Å²) < 4.78 is 13.4. The van der Waals surface area contributed by atoms with Gasteiger partial charge in [0.05, 0.1) is 4.88 Å². The number of nitrogens with zero attached hydrogens (tertiary/aromatic N) is 2. The van der Waals surface area contributed by atoms with Crippen LogP contribution in [0.4, 0.5) is 4.39 Å². The summed E-state index contributed by atoms with van der Waals surface area (Å²) >= 11 is 7.27. The van der Waals surface area contributed by atoms with Gasteiger partial charge in [-0.2, -0.15) is 0 Å². The van der Waals surface area contributed by atoms with Gasteiger partial charge in [-0.1, -0.05) is 23.7 Å². The van der Waals surface area contributed by atoms with Crippen molar-refractivity contribution in [2.45, 2.75) is 25.3 Å². The molecule has 0 saturated carbocycles. The fourth-order valence-corrected chi connectivity index (χ4v) is 3.99. The number of hydrogen-bond acceptors (Lipinski definition) is 4. The molecule has 1 saturated heterocycles. The van der Waals surface area contributed by atoms with Crippen LogP contribution in [0.25, 0.3) is 10.4 Å². The summed E-state index contributed by atoms with van der Waals surface area (Å²) in [6, 6.07) is 6.03. The van der Waals surface area contributed by atoms with Crippen LogP contribution < -0.4 is 5.73 Å². The molecular formula is C16H17ClFN3OS. The molecular weight excluding hydrogens is 337 g/mol. The second kappa shape index (κ2) is 6.95. The number of amides is 1. The van der Waals surface area contributed by atoms with Gasteiger partial charge in [-0.3, -0.25) is 4.79 Å². The summed E-state index contributed by atoms with van der Waals surface area (Å²) in [5.41, 5.74) is 6.86. The molecule has 1 unspecified atom stereocenters. The van der Waals surface area contributed by atoms with Crippen LogP contribution in [0.15, 0.2) is 24.3 Å². The van der Waals surface area contributed by atoms with E-state index in [-0.39, 0.29) is 17.8 Å². The highest BCUT2D eigenvalue weighted by Gasteiger charge is 2.30. The fourth-order valence-electron chi connectivity index (χ4n) is 2.88. The molecule has 7 heteroatoms. The number of likely N-dealkylation sites (tertiary alicyclic amines) is 1. The lowest BCUT2D eigenvalue weighted by atomic mass is 10.0. The lowest BCUT2D eigenvalue weighted by Crippen LogP contribution is -2.47. The average Bonchev–Trinajstić information content (AvgIpc) is 2.96. The van der Waals surface area contributed by atoms with E-state index in [2.05, 4.69) is 4.98 Å². The van der Waals surface area contributed by atoms with E-state index in [0.717, 1.165) is 24.8 Å². The van der Waals surface area contributed by atoms with Crippen LogP contribution in [-0.4, -0.2) is 34.9 Å². The van der Waals surface area contributed by atoms with Crippen molar-refractivity contribution in [1.82, 2.24) is 9.88 Å². The number of thiazole rings is 1. The lowest BCUT2D eigenvalue weighted by Gasteiger charge is -2.34. The van der Waals surface area contributed by atoms with Crippen molar-refractivity contribution < 1.29 is 9.18 Å². The largest absolute Gasteiger partial charge is 0.333 e. The summed E-state index contributed by atoms with van der Waals surface area (Å²) in [5, 5.41) is 0. The van der Waals surface area contributed by atoms with E-state index >= 15 is 0 Å². The third-order valence-electron chi connectivity index (χ3n) is 4.07. The molecule has 23 heavy (non-hydrogen) atoms. The molecule has 2 aromatic rings. The maximum atomic E-state index is 13.1. The molecule has 1 aliphatic heterocycles. The Bertz CT molecular complexity index is 704. The molecule has 3 rings (SSSR count). The molecule has 2 N–H and O–H groups in total. The third-order valence-corrected chi connectivity index (χ3v) is 5.28. The number of hydrogen-bond donors (Lipinski definition) is 1. The zero-order chi connectivity index (χ0) is 16.4. The predicted octanol–water partition coefficient (Wildman–Crippen LogP) is 3.56. The second-order valence-electron chi connectivity index (χ2n) is 5.54. The van der Waals surface area contributed by atoms with E-state index in [1.165, 1.54) is 23.5 Å². The summed E-state index contributed by atoms with van der Waals surface area (Å²) in [6.45, 7) is 1.12. The maximum Gasteiger partial charge on any atom is 0.274 e. The van der Waals surface area contributed by atoms with Crippen LogP contribution in [0.3, 0.4) is 0 Å². The Morgan fingerprint density at radius 1 is 1.39 bits per heavy atom. The van der Waals surface area contributed by atoms with E-state index in [9.17, 15) is 9.18 Å². The van der Waals surface area contributed by atoms with Crippen molar-refractivity contribution in [3.8, 4) is 10.4 Å². The fraction of sp³-hybridized carbons (Fsp3) is 0.375. The molecule has 0 spiro atoms. The Morgan fingerprint density at radius 3 is 2.83 bits per heavy atom. The molecule has 1 aromatic heterocycles. The molecule has 1 fully saturated rings. The van der Waals surface area contributed by atoms with Crippen molar-refractivity contribution in [1.29, 1.82) is 0 Å². The zero-order valence-electron chi connectivity index (χ0n) is 12.5. The first-order valence-electron chi connectivity index (χ1n) is 7.53. The van der Waals surface area contributed by atoms with Crippen molar-refractivity contribution in [3.05, 3.63) is 40.2 Å². The quantitative estimate of drug-likeness (QED) is 0.917. The minimum atomic E-state index is -0.323. The minimum absolute atomic E-state index is 0.0396. The van der Waals surface area contributed by atoms with E-state index in [4.69, 9.17) is 17.3 Å². The number of rotatable bonds is 3. The van der Waals surface area contributed by atoms with Gasteiger partial charge in [0, 0.05) is 19.1 Å². The molecule has 2 heterocycles. The number of benzene rings is 1. The Balaban J connectivity index is 1.96. The predicted molar refractivity (Wildman–Crippen MR) is 90.2 cm³/mol. The van der Waals surface area contributed by atoms with Gasteiger partial charge in [0.1, 0.15) is 11.5 Å². The molecule has 0 radical (unpaired) electrons. The van der Waals surface area contributed by atoms with Crippen molar-refractivity contribution in [2.75, 3.05) is 13.1 Å².